The van der Waals surface area contributed by atoms with Crippen molar-refractivity contribution in [3.05, 3.63) is 24.2 Å². The fourth-order valence-electron chi connectivity index (χ4n) is 3.32. The lowest BCUT2D eigenvalue weighted by Crippen LogP contribution is -2.49. The number of hydrogen-bond acceptors (Lipinski definition) is 5. The van der Waals surface area contributed by atoms with Crippen LogP contribution in [0.1, 0.15) is 36.2 Å². The molecule has 1 amide bonds. The molecule has 3 heterocycles. The van der Waals surface area contributed by atoms with Gasteiger partial charge in [0.2, 0.25) is 0 Å². The highest BCUT2D eigenvalue weighted by Gasteiger charge is 2.31. The number of nitrogens with one attached hydrogen (secondary N) is 1. The quantitative estimate of drug-likeness (QED) is 0.898. The van der Waals surface area contributed by atoms with Crippen LogP contribution in [0.3, 0.4) is 0 Å². The summed E-state index contributed by atoms with van der Waals surface area (Å²) in [5, 5.41) is 3.00. The highest BCUT2D eigenvalue weighted by Crippen LogP contribution is 2.22. The van der Waals surface area contributed by atoms with Crippen LogP contribution in [0.25, 0.3) is 0 Å². The molecule has 2 saturated heterocycles. The Morgan fingerprint density at radius 2 is 1.86 bits per heavy atom. The molecule has 3 rings (SSSR count). The average Bonchev–Trinajstić information content (AvgIpc) is 3.03. The van der Waals surface area contributed by atoms with Crippen molar-refractivity contribution in [1.82, 2.24) is 10.2 Å². The summed E-state index contributed by atoms with van der Waals surface area (Å²) in [5.41, 5.74) is 0. The third-order valence-electron chi connectivity index (χ3n) is 4.65. The molecular formula is C15H22N2O4S. The molecule has 0 unspecified atom stereocenters. The van der Waals surface area contributed by atoms with Crippen LogP contribution in [0.15, 0.2) is 22.8 Å². The average molecular weight is 326 g/mol. The molecule has 2 fully saturated rings. The lowest BCUT2D eigenvalue weighted by molar-refractivity contribution is 0.0859. The number of amides is 1. The molecule has 0 aromatic carbocycles. The number of rotatable bonds is 3. The lowest BCUT2D eigenvalue weighted by Gasteiger charge is -2.39. The number of carbonyl (C=O) groups is 1. The minimum absolute atomic E-state index is 0.160. The van der Waals surface area contributed by atoms with Gasteiger partial charge in [-0.3, -0.25) is 4.79 Å². The summed E-state index contributed by atoms with van der Waals surface area (Å²) < 4.78 is 28.1. The van der Waals surface area contributed by atoms with E-state index >= 15 is 0 Å². The highest BCUT2D eigenvalue weighted by atomic mass is 32.2. The van der Waals surface area contributed by atoms with E-state index in [1.807, 2.05) is 0 Å². The summed E-state index contributed by atoms with van der Waals surface area (Å²) in [4.78, 5) is 14.3. The summed E-state index contributed by atoms with van der Waals surface area (Å²) in [5.74, 6) is 0.812. The van der Waals surface area contributed by atoms with Gasteiger partial charge in [0, 0.05) is 25.2 Å². The first-order chi connectivity index (χ1) is 10.5. The lowest BCUT2D eigenvalue weighted by atomic mass is 10.0. The molecule has 1 aromatic rings. The Morgan fingerprint density at radius 3 is 2.45 bits per heavy atom. The summed E-state index contributed by atoms with van der Waals surface area (Å²) in [7, 11) is -2.80. The van der Waals surface area contributed by atoms with Crippen molar-refractivity contribution < 1.29 is 17.6 Å². The minimum atomic E-state index is -2.80. The van der Waals surface area contributed by atoms with E-state index in [0.29, 0.717) is 23.3 Å². The van der Waals surface area contributed by atoms with Crippen LogP contribution in [0, 0.1) is 0 Å². The zero-order valence-electron chi connectivity index (χ0n) is 12.5. The number of carbonyl (C=O) groups excluding carboxylic acids is 1. The topological polar surface area (TPSA) is 79.6 Å². The van der Waals surface area contributed by atoms with Gasteiger partial charge in [0.1, 0.15) is 9.84 Å². The Balaban J connectivity index is 1.46. The van der Waals surface area contributed by atoms with E-state index in [2.05, 4.69) is 10.2 Å². The molecular weight excluding hydrogens is 304 g/mol. The second-order valence-electron chi connectivity index (χ2n) is 6.14. The second kappa shape index (κ2) is 6.42. The summed E-state index contributed by atoms with van der Waals surface area (Å²) in [6.07, 6.45) is 4.78. The predicted octanol–water partition coefficient (Wildman–Crippen LogP) is 1.05. The van der Waals surface area contributed by atoms with Gasteiger partial charge in [-0.15, -0.1) is 0 Å². The molecule has 0 radical (unpaired) electrons. The van der Waals surface area contributed by atoms with Crippen LogP contribution in [-0.2, 0) is 9.84 Å². The minimum Gasteiger partial charge on any atom is -0.459 e. The van der Waals surface area contributed by atoms with E-state index in [-0.39, 0.29) is 11.9 Å². The third kappa shape index (κ3) is 3.70. The van der Waals surface area contributed by atoms with E-state index in [9.17, 15) is 13.2 Å². The first-order valence-corrected chi connectivity index (χ1v) is 9.64. The Kier molecular flexibility index (Phi) is 4.54. The van der Waals surface area contributed by atoms with E-state index in [4.69, 9.17) is 4.42 Å². The van der Waals surface area contributed by atoms with E-state index in [0.717, 1.165) is 38.8 Å². The SMILES string of the molecule is O=C(NC1CCN(C2CCS(=O)(=O)CC2)CC1)c1ccco1. The van der Waals surface area contributed by atoms with Gasteiger partial charge in [-0.05, 0) is 37.8 Å². The molecule has 0 spiro atoms. The Morgan fingerprint density at radius 1 is 1.18 bits per heavy atom. The molecule has 0 bridgehead atoms. The van der Waals surface area contributed by atoms with Gasteiger partial charge >= 0.3 is 0 Å². The van der Waals surface area contributed by atoms with Gasteiger partial charge in [0.15, 0.2) is 5.76 Å². The third-order valence-corrected chi connectivity index (χ3v) is 6.37. The van der Waals surface area contributed by atoms with Gasteiger partial charge in [-0.25, -0.2) is 8.42 Å². The van der Waals surface area contributed by atoms with Gasteiger partial charge in [-0.2, -0.15) is 0 Å². The molecule has 0 atom stereocenters. The normalized spacial score (nSPS) is 24.2. The number of sulfone groups is 1. The number of nitrogens with zero attached hydrogens (tertiary/aromatic N) is 1. The first-order valence-electron chi connectivity index (χ1n) is 7.82. The molecule has 122 valence electrons. The zero-order valence-corrected chi connectivity index (χ0v) is 13.3. The summed E-state index contributed by atoms with van der Waals surface area (Å²) >= 11 is 0. The Labute approximate surface area is 130 Å². The maximum atomic E-state index is 11.9. The standard InChI is InChI=1S/C15H22N2O4S/c18-15(14-2-1-9-21-14)16-12-3-7-17(8-4-12)13-5-10-22(19,20)11-6-13/h1-2,9,12-13H,3-8,10-11H2,(H,16,18). The van der Waals surface area contributed by atoms with Gasteiger partial charge in [-0.1, -0.05) is 0 Å². The smallest absolute Gasteiger partial charge is 0.287 e. The number of hydrogen-bond donors (Lipinski definition) is 1. The fraction of sp³-hybridized carbons (Fsp3) is 0.667. The van der Waals surface area contributed by atoms with Crippen LogP contribution in [-0.4, -0.2) is 55.9 Å². The summed E-state index contributed by atoms with van der Waals surface area (Å²) in [6, 6.07) is 3.91. The van der Waals surface area contributed by atoms with Gasteiger partial charge in [0.25, 0.3) is 5.91 Å². The number of piperidine rings is 1. The van der Waals surface area contributed by atoms with Crippen LogP contribution in [0.2, 0.25) is 0 Å². The van der Waals surface area contributed by atoms with Crippen molar-refractivity contribution in [3.8, 4) is 0 Å². The van der Waals surface area contributed by atoms with Crippen molar-refractivity contribution in [2.24, 2.45) is 0 Å². The fourth-order valence-corrected chi connectivity index (χ4v) is 4.78. The molecule has 2 aliphatic heterocycles. The van der Waals surface area contributed by atoms with Crippen molar-refractivity contribution in [2.75, 3.05) is 24.6 Å². The molecule has 1 N–H and O–H groups in total. The molecule has 1 aromatic heterocycles. The molecule has 6 nitrogen and oxygen atoms in total. The van der Waals surface area contributed by atoms with Crippen molar-refractivity contribution >= 4 is 15.7 Å². The Bertz CT molecular complexity index is 589. The van der Waals surface area contributed by atoms with E-state index in [1.54, 1.807) is 12.1 Å². The van der Waals surface area contributed by atoms with E-state index < -0.39 is 9.84 Å². The molecule has 0 saturated carbocycles. The molecule has 22 heavy (non-hydrogen) atoms. The van der Waals surface area contributed by atoms with Crippen molar-refractivity contribution in [1.29, 1.82) is 0 Å². The monoisotopic (exact) mass is 326 g/mol. The van der Waals surface area contributed by atoms with Crippen LogP contribution < -0.4 is 5.32 Å². The van der Waals surface area contributed by atoms with E-state index in [1.165, 1.54) is 6.26 Å². The van der Waals surface area contributed by atoms with Crippen LogP contribution in [0.5, 0.6) is 0 Å². The number of furan rings is 1. The number of likely N-dealkylation sites (tertiary alicyclic amines) is 1. The Hall–Kier alpha value is -1.34. The van der Waals surface area contributed by atoms with Crippen LogP contribution in [0.4, 0.5) is 0 Å². The largest absolute Gasteiger partial charge is 0.459 e. The van der Waals surface area contributed by atoms with Gasteiger partial charge < -0.3 is 14.6 Å². The van der Waals surface area contributed by atoms with Crippen LogP contribution >= 0.6 is 0 Å². The summed E-state index contributed by atoms with van der Waals surface area (Å²) in [6.45, 7) is 1.82. The molecule has 2 aliphatic rings. The highest BCUT2D eigenvalue weighted by molar-refractivity contribution is 7.91. The maximum Gasteiger partial charge on any atom is 0.287 e. The first kappa shape index (κ1) is 15.6. The maximum absolute atomic E-state index is 11.9. The van der Waals surface area contributed by atoms with Crippen molar-refractivity contribution in [3.63, 3.8) is 0 Å². The second-order valence-corrected chi connectivity index (χ2v) is 8.45. The zero-order chi connectivity index (χ0) is 15.6. The molecule has 0 aliphatic carbocycles. The van der Waals surface area contributed by atoms with Crippen molar-refractivity contribution in [2.45, 2.75) is 37.8 Å². The molecule has 7 heteroatoms. The predicted molar refractivity (Wildman–Crippen MR) is 82.4 cm³/mol. The van der Waals surface area contributed by atoms with Gasteiger partial charge in [0.05, 0.1) is 17.8 Å².